The second kappa shape index (κ2) is 9.44. The maximum Gasteiger partial charge on any atom is 0.338 e. The Morgan fingerprint density at radius 2 is 1.55 bits per heavy atom. The van der Waals surface area contributed by atoms with E-state index in [1.165, 1.54) is 33.7 Å². The van der Waals surface area contributed by atoms with Crippen molar-refractivity contribution in [1.82, 2.24) is 4.98 Å². The van der Waals surface area contributed by atoms with E-state index >= 15 is 0 Å². The molecular formula is C28H25NO9. The van der Waals surface area contributed by atoms with Crippen LogP contribution in [0.4, 0.5) is 0 Å². The SMILES string of the molecule is COc1cc([C@@H]2c3cc4c(cc3[C@H](OC(=O)c3ccncc3)[C@H]3COC(=O)[C@H]23)OCO4)cc(OC)c1OC. The first kappa shape index (κ1) is 23.9. The zero-order chi connectivity index (χ0) is 26.4. The molecule has 1 fully saturated rings. The minimum absolute atomic E-state index is 0.0729. The van der Waals surface area contributed by atoms with E-state index in [-0.39, 0.29) is 19.4 Å². The number of hydrogen-bond acceptors (Lipinski definition) is 10. The van der Waals surface area contributed by atoms with Crippen molar-refractivity contribution in [3.05, 3.63) is 71.0 Å². The molecule has 3 heterocycles. The van der Waals surface area contributed by atoms with Crippen LogP contribution >= 0.6 is 0 Å². The van der Waals surface area contributed by atoms with Crippen molar-refractivity contribution in [3.8, 4) is 28.7 Å². The predicted octanol–water partition coefficient (Wildman–Crippen LogP) is 3.67. The van der Waals surface area contributed by atoms with E-state index < -0.39 is 29.8 Å². The summed E-state index contributed by atoms with van der Waals surface area (Å²) in [6.45, 7) is 0.177. The molecule has 3 aliphatic rings. The van der Waals surface area contributed by atoms with Gasteiger partial charge in [-0.05, 0) is 47.5 Å². The van der Waals surface area contributed by atoms with Crippen molar-refractivity contribution in [3.63, 3.8) is 0 Å². The molecule has 0 amide bonds. The topological polar surface area (TPSA) is 112 Å². The van der Waals surface area contributed by atoms with Crippen molar-refractivity contribution >= 4 is 11.9 Å². The summed E-state index contributed by atoms with van der Waals surface area (Å²) < 4.78 is 39.7. The van der Waals surface area contributed by atoms with Crippen LogP contribution < -0.4 is 23.7 Å². The van der Waals surface area contributed by atoms with Gasteiger partial charge >= 0.3 is 11.9 Å². The molecular weight excluding hydrogens is 494 g/mol. The molecule has 4 atom stereocenters. The Morgan fingerprint density at radius 3 is 2.18 bits per heavy atom. The Hall–Kier alpha value is -4.47. The number of esters is 2. The number of nitrogens with zero attached hydrogens (tertiary/aromatic N) is 1. The van der Waals surface area contributed by atoms with E-state index in [9.17, 15) is 9.59 Å². The van der Waals surface area contributed by atoms with Gasteiger partial charge in [0.1, 0.15) is 6.10 Å². The van der Waals surface area contributed by atoms with E-state index in [2.05, 4.69) is 4.98 Å². The largest absolute Gasteiger partial charge is 0.493 e. The monoisotopic (exact) mass is 519 g/mol. The normalized spacial score (nSPS) is 22.7. The van der Waals surface area contributed by atoms with Gasteiger partial charge < -0.3 is 33.2 Å². The van der Waals surface area contributed by atoms with Gasteiger partial charge in [-0.25, -0.2) is 4.79 Å². The maximum absolute atomic E-state index is 13.3. The average Bonchev–Trinajstić information content (AvgIpc) is 3.57. The first-order chi connectivity index (χ1) is 18.5. The number of methoxy groups -OCH3 is 3. The second-order valence-electron chi connectivity index (χ2n) is 9.15. The number of carbonyl (C=O) groups excluding carboxylic acids is 2. The summed E-state index contributed by atoms with van der Waals surface area (Å²) in [6.07, 6.45) is 2.29. The van der Waals surface area contributed by atoms with Gasteiger partial charge in [-0.3, -0.25) is 9.78 Å². The number of hydrogen-bond donors (Lipinski definition) is 0. The zero-order valence-electron chi connectivity index (χ0n) is 21.0. The highest BCUT2D eigenvalue weighted by atomic mass is 16.7. The van der Waals surface area contributed by atoms with Gasteiger partial charge in [-0.2, -0.15) is 0 Å². The highest BCUT2D eigenvalue weighted by molar-refractivity contribution is 5.89. The summed E-state index contributed by atoms with van der Waals surface area (Å²) in [7, 11) is 4.60. The molecule has 196 valence electrons. The van der Waals surface area contributed by atoms with E-state index in [0.717, 1.165) is 16.7 Å². The number of cyclic esters (lactones) is 1. The molecule has 1 aromatic heterocycles. The number of pyridine rings is 1. The second-order valence-corrected chi connectivity index (χ2v) is 9.15. The lowest BCUT2D eigenvalue weighted by atomic mass is 9.66. The Morgan fingerprint density at radius 1 is 0.895 bits per heavy atom. The standard InChI is InChI=1S/C28H25NO9/c1-32-21-8-15(9-22(33-2)26(21)34-3)23-16-10-19-20(37-13-36-19)11-17(16)25(18-12-35-28(31)24(18)23)38-27(30)14-4-6-29-7-5-14/h4-11,18,23-25H,12-13H2,1-3H3/t18-,23+,24-,25-/m0/s1. The zero-order valence-corrected chi connectivity index (χ0v) is 21.0. The summed E-state index contributed by atoms with van der Waals surface area (Å²) in [5.41, 5.74) is 2.59. The molecule has 0 spiro atoms. The van der Waals surface area contributed by atoms with Crippen LogP contribution in [0.3, 0.4) is 0 Å². The molecule has 1 saturated heterocycles. The van der Waals surface area contributed by atoms with Crippen LogP contribution in [0, 0.1) is 11.8 Å². The number of rotatable bonds is 6. The van der Waals surface area contributed by atoms with Gasteiger partial charge in [-0.15, -0.1) is 0 Å². The summed E-state index contributed by atoms with van der Waals surface area (Å²) in [5, 5.41) is 0. The third kappa shape index (κ3) is 3.75. The molecule has 10 nitrogen and oxygen atoms in total. The van der Waals surface area contributed by atoms with Crippen LogP contribution in [0.1, 0.15) is 39.1 Å². The van der Waals surface area contributed by atoms with E-state index in [1.807, 2.05) is 24.3 Å². The fourth-order valence-electron chi connectivity index (χ4n) is 5.62. The van der Waals surface area contributed by atoms with Crippen molar-refractivity contribution in [2.24, 2.45) is 11.8 Å². The van der Waals surface area contributed by atoms with Gasteiger partial charge in [0.2, 0.25) is 12.5 Å². The van der Waals surface area contributed by atoms with Crippen LogP contribution in [0.15, 0.2) is 48.8 Å². The Labute approximate surface area is 218 Å². The summed E-state index contributed by atoms with van der Waals surface area (Å²) in [5.74, 6) is 0.000611. The first-order valence-corrected chi connectivity index (χ1v) is 12.0. The summed E-state index contributed by atoms with van der Waals surface area (Å²) >= 11 is 0. The van der Waals surface area contributed by atoms with Crippen molar-refractivity contribution < 1.29 is 42.7 Å². The molecule has 1 aliphatic carbocycles. The lowest BCUT2D eigenvalue weighted by Crippen LogP contribution is -2.36. The molecule has 0 N–H and O–H groups in total. The summed E-state index contributed by atoms with van der Waals surface area (Å²) in [4.78, 5) is 30.4. The highest BCUT2D eigenvalue weighted by Crippen LogP contribution is 2.56. The van der Waals surface area contributed by atoms with Crippen LogP contribution in [0.2, 0.25) is 0 Å². The van der Waals surface area contributed by atoms with Gasteiger partial charge in [0.15, 0.2) is 23.0 Å². The Kier molecular flexibility index (Phi) is 5.94. The third-order valence-electron chi connectivity index (χ3n) is 7.32. The third-order valence-corrected chi connectivity index (χ3v) is 7.32. The Bertz CT molecular complexity index is 1380. The average molecular weight is 520 g/mol. The number of ether oxygens (including phenoxy) is 7. The predicted molar refractivity (Wildman–Crippen MR) is 131 cm³/mol. The van der Waals surface area contributed by atoms with Gasteiger partial charge in [0.05, 0.1) is 39.4 Å². The van der Waals surface area contributed by atoms with Crippen LogP contribution in [-0.2, 0) is 14.3 Å². The quantitative estimate of drug-likeness (QED) is 0.447. The number of benzene rings is 2. The lowest BCUT2D eigenvalue weighted by molar-refractivity contribution is -0.141. The molecule has 0 unspecified atom stereocenters. The molecule has 2 aromatic carbocycles. The molecule has 38 heavy (non-hydrogen) atoms. The van der Waals surface area contributed by atoms with E-state index in [1.54, 1.807) is 12.1 Å². The smallest absolute Gasteiger partial charge is 0.338 e. The van der Waals surface area contributed by atoms with Crippen LogP contribution in [0.25, 0.3) is 0 Å². The van der Waals surface area contributed by atoms with E-state index in [0.29, 0.717) is 34.3 Å². The fourth-order valence-corrected chi connectivity index (χ4v) is 5.62. The highest BCUT2D eigenvalue weighted by Gasteiger charge is 2.54. The lowest BCUT2D eigenvalue weighted by Gasteiger charge is -2.38. The van der Waals surface area contributed by atoms with Crippen molar-refractivity contribution in [2.45, 2.75) is 12.0 Å². The van der Waals surface area contributed by atoms with Crippen LogP contribution in [0.5, 0.6) is 28.7 Å². The summed E-state index contributed by atoms with van der Waals surface area (Å²) in [6, 6.07) is 10.5. The molecule has 0 bridgehead atoms. The first-order valence-electron chi connectivity index (χ1n) is 12.0. The molecule has 3 aromatic rings. The van der Waals surface area contributed by atoms with Gasteiger partial charge in [0, 0.05) is 29.8 Å². The fraction of sp³-hybridized carbons (Fsp3) is 0.321. The Balaban J connectivity index is 1.53. The van der Waals surface area contributed by atoms with Gasteiger partial charge in [0.25, 0.3) is 0 Å². The molecule has 0 saturated carbocycles. The number of fused-ring (bicyclic) bond motifs is 3. The van der Waals surface area contributed by atoms with Gasteiger partial charge in [-0.1, -0.05) is 0 Å². The minimum Gasteiger partial charge on any atom is -0.493 e. The minimum atomic E-state index is -0.755. The van der Waals surface area contributed by atoms with Crippen LogP contribution in [-0.4, -0.2) is 51.7 Å². The van der Waals surface area contributed by atoms with Crippen molar-refractivity contribution in [2.75, 3.05) is 34.7 Å². The number of aromatic nitrogens is 1. The number of carbonyl (C=O) groups is 2. The van der Waals surface area contributed by atoms with Crippen molar-refractivity contribution in [1.29, 1.82) is 0 Å². The maximum atomic E-state index is 13.3. The molecule has 2 aliphatic heterocycles. The molecule has 10 heteroatoms. The van der Waals surface area contributed by atoms with E-state index in [4.69, 9.17) is 33.2 Å². The molecule has 0 radical (unpaired) electrons. The molecule has 6 rings (SSSR count).